The van der Waals surface area contributed by atoms with E-state index >= 15 is 0 Å². The van der Waals surface area contributed by atoms with Crippen LogP contribution in [-0.4, -0.2) is 14.6 Å². The van der Waals surface area contributed by atoms with E-state index in [9.17, 15) is 0 Å². The first kappa shape index (κ1) is 16.0. The summed E-state index contributed by atoms with van der Waals surface area (Å²) >= 11 is 5.32. The number of halogens is 1. The van der Waals surface area contributed by atoms with Crippen molar-refractivity contribution >= 4 is 40.5 Å². The van der Waals surface area contributed by atoms with E-state index in [4.69, 9.17) is 0 Å². The molecule has 0 saturated carbocycles. The minimum absolute atomic E-state index is 0.957. The smallest absolute Gasteiger partial charge is 0.0775 e. The minimum Gasteiger partial charge on any atom is -0.312 e. The predicted octanol–water partition coefficient (Wildman–Crippen LogP) is 4.39. The number of hydrogen-bond acceptors (Lipinski definition) is 2. The first-order chi connectivity index (χ1) is 9.45. The molecule has 1 aromatic carbocycles. The monoisotopic (exact) mass is 367 g/mol. The zero-order chi connectivity index (χ0) is 14.6. The summed E-state index contributed by atoms with van der Waals surface area (Å²) in [5, 5.41) is 5.05. The van der Waals surface area contributed by atoms with Crippen molar-refractivity contribution in [3.63, 3.8) is 0 Å². The Labute approximate surface area is 135 Å². The van der Waals surface area contributed by atoms with Gasteiger partial charge in [-0.15, -0.1) is 11.3 Å². The number of nitrogens with one attached hydrogen (secondary N) is 1. The van der Waals surface area contributed by atoms with Crippen LogP contribution in [0.2, 0.25) is 19.6 Å². The average molecular weight is 368 g/mol. The molecular weight excluding hydrogens is 346 g/mol. The van der Waals surface area contributed by atoms with Crippen molar-refractivity contribution in [3.8, 4) is 0 Å². The van der Waals surface area contributed by atoms with Crippen molar-refractivity contribution in [1.82, 2.24) is 5.32 Å². The fraction of sp³-hybridized carbons (Fsp3) is 0.375. The second-order valence-electron chi connectivity index (χ2n) is 6.08. The minimum atomic E-state index is -1.16. The van der Waals surface area contributed by atoms with Crippen LogP contribution in [0.4, 0.5) is 0 Å². The Morgan fingerprint density at radius 2 is 1.75 bits per heavy atom. The summed E-state index contributed by atoms with van der Waals surface area (Å²) in [7, 11) is -1.16. The molecule has 2 rings (SSSR count). The lowest BCUT2D eigenvalue weighted by Gasteiger charge is -2.16. The topological polar surface area (TPSA) is 12.0 Å². The van der Waals surface area contributed by atoms with Crippen molar-refractivity contribution in [1.29, 1.82) is 0 Å². The molecule has 2 aromatic rings. The third kappa shape index (κ3) is 4.84. The molecule has 1 aromatic heterocycles. The fourth-order valence-electron chi connectivity index (χ4n) is 2.05. The van der Waals surface area contributed by atoms with Crippen LogP contribution in [0, 0.1) is 0 Å². The molecule has 1 heterocycles. The molecule has 20 heavy (non-hydrogen) atoms. The maximum Gasteiger partial charge on any atom is 0.0775 e. The van der Waals surface area contributed by atoms with Crippen LogP contribution in [0.3, 0.4) is 0 Å². The maximum atomic E-state index is 3.52. The van der Waals surface area contributed by atoms with E-state index in [1.807, 2.05) is 11.3 Å². The summed E-state index contributed by atoms with van der Waals surface area (Å²) in [6.45, 7) is 9.15. The van der Waals surface area contributed by atoms with E-state index < -0.39 is 8.07 Å². The van der Waals surface area contributed by atoms with E-state index in [2.05, 4.69) is 77.3 Å². The van der Waals surface area contributed by atoms with Gasteiger partial charge in [-0.2, -0.15) is 0 Å². The highest BCUT2D eigenvalue weighted by Crippen LogP contribution is 2.22. The molecule has 0 saturated heterocycles. The first-order valence-corrected chi connectivity index (χ1v) is 12.1. The summed E-state index contributed by atoms with van der Waals surface area (Å²) in [5.74, 6) is 0. The van der Waals surface area contributed by atoms with Crippen LogP contribution < -0.4 is 10.5 Å². The number of rotatable bonds is 6. The molecule has 4 heteroatoms. The Balaban J connectivity index is 1.77. The van der Waals surface area contributed by atoms with Gasteiger partial charge in [0.1, 0.15) is 0 Å². The highest BCUT2D eigenvalue weighted by molar-refractivity contribution is 9.11. The van der Waals surface area contributed by atoms with Crippen LogP contribution in [0.5, 0.6) is 0 Å². The predicted molar refractivity (Wildman–Crippen MR) is 96.9 cm³/mol. The van der Waals surface area contributed by atoms with Gasteiger partial charge in [0.25, 0.3) is 0 Å². The SMILES string of the molecule is C[Si](C)(C)c1ccc(CNCCc2ccc(Br)s2)cc1. The highest BCUT2D eigenvalue weighted by Gasteiger charge is 2.15. The molecule has 0 aliphatic rings. The van der Waals surface area contributed by atoms with E-state index in [0.717, 1.165) is 19.5 Å². The van der Waals surface area contributed by atoms with Gasteiger partial charge in [-0.25, -0.2) is 0 Å². The van der Waals surface area contributed by atoms with E-state index in [1.54, 1.807) is 0 Å². The molecule has 108 valence electrons. The quantitative estimate of drug-likeness (QED) is 0.589. The van der Waals surface area contributed by atoms with Gasteiger partial charge in [0, 0.05) is 18.0 Å². The van der Waals surface area contributed by atoms with E-state index in [1.165, 1.54) is 19.4 Å². The summed E-state index contributed by atoms with van der Waals surface area (Å²) in [6, 6.07) is 13.5. The van der Waals surface area contributed by atoms with Gasteiger partial charge >= 0.3 is 0 Å². The van der Waals surface area contributed by atoms with Crippen molar-refractivity contribution in [2.24, 2.45) is 0 Å². The molecule has 0 unspecified atom stereocenters. The van der Waals surface area contributed by atoms with Gasteiger partial charge in [-0.1, -0.05) is 49.1 Å². The van der Waals surface area contributed by atoms with Crippen LogP contribution in [0.25, 0.3) is 0 Å². The van der Waals surface area contributed by atoms with Crippen LogP contribution in [0.15, 0.2) is 40.2 Å². The van der Waals surface area contributed by atoms with Gasteiger partial charge < -0.3 is 5.32 Å². The lowest BCUT2D eigenvalue weighted by atomic mass is 10.2. The molecule has 1 nitrogen and oxygen atoms in total. The highest BCUT2D eigenvalue weighted by atomic mass is 79.9. The molecule has 0 radical (unpaired) electrons. The standard InChI is InChI=1S/C16H22BrNSSi/c1-20(2,3)15-7-4-13(5-8-15)12-18-11-10-14-6-9-16(17)19-14/h4-9,18H,10-12H2,1-3H3. The molecule has 0 amide bonds. The van der Waals surface area contributed by atoms with Crippen molar-refractivity contribution in [3.05, 3.63) is 50.6 Å². The Morgan fingerprint density at radius 3 is 2.30 bits per heavy atom. The zero-order valence-corrected chi connectivity index (χ0v) is 15.8. The summed E-state index contributed by atoms with van der Waals surface area (Å²) in [5.41, 5.74) is 1.37. The number of hydrogen-bond donors (Lipinski definition) is 1. The number of thiophene rings is 1. The van der Waals surface area contributed by atoms with Gasteiger partial charge in [0.05, 0.1) is 11.9 Å². The van der Waals surface area contributed by atoms with Crippen molar-refractivity contribution in [2.45, 2.75) is 32.6 Å². The van der Waals surface area contributed by atoms with Gasteiger partial charge in [0.15, 0.2) is 0 Å². The largest absolute Gasteiger partial charge is 0.312 e. The Morgan fingerprint density at radius 1 is 1.05 bits per heavy atom. The lowest BCUT2D eigenvalue weighted by molar-refractivity contribution is 0.691. The molecule has 1 N–H and O–H groups in total. The summed E-state index contributed by atoms with van der Waals surface area (Å²) in [6.07, 6.45) is 1.10. The van der Waals surface area contributed by atoms with Crippen LogP contribution >= 0.6 is 27.3 Å². The van der Waals surface area contributed by atoms with Crippen molar-refractivity contribution in [2.75, 3.05) is 6.54 Å². The Kier molecular flexibility index (Phi) is 5.61. The molecule has 0 spiro atoms. The molecule has 0 fully saturated rings. The third-order valence-corrected chi connectivity index (χ3v) is 7.07. The molecule has 0 atom stereocenters. The summed E-state index contributed by atoms with van der Waals surface area (Å²) in [4.78, 5) is 1.43. The average Bonchev–Trinajstić information content (AvgIpc) is 2.80. The second-order valence-corrected chi connectivity index (χ2v) is 13.7. The number of benzene rings is 1. The Hall–Kier alpha value is -0.423. The maximum absolute atomic E-state index is 3.52. The molecule has 0 aliphatic carbocycles. The van der Waals surface area contributed by atoms with Crippen LogP contribution in [0.1, 0.15) is 10.4 Å². The zero-order valence-electron chi connectivity index (χ0n) is 12.4. The van der Waals surface area contributed by atoms with Gasteiger partial charge in [0.2, 0.25) is 0 Å². The van der Waals surface area contributed by atoms with Gasteiger partial charge in [-0.05, 0) is 40.0 Å². The van der Waals surface area contributed by atoms with Crippen LogP contribution in [-0.2, 0) is 13.0 Å². The van der Waals surface area contributed by atoms with E-state index in [0.29, 0.717) is 0 Å². The Bertz CT molecular complexity index is 542. The first-order valence-electron chi connectivity index (χ1n) is 6.99. The van der Waals surface area contributed by atoms with E-state index in [-0.39, 0.29) is 0 Å². The molecule has 0 aliphatic heterocycles. The lowest BCUT2D eigenvalue weighted by Crippen LogP contribution is -2.37. The molecule has 0 bridgehead atoms. The third-order valence-electron chi connectivity index (χ3n) is 3.33. The van der Waals surface area contributed by atoms with Crippen molar-refractivity contribution < 1.29 is 0 Å². The fourth-order valence-corrected chi connectivity index (χ4v) is 4.70. The second kappa shape index (κ2) is 7.03. The summed E-state index contributed by atoms with van der Waals surface area (Å²) < 4.78 is 1.22. The molecular formula is C16H22BrNSSi. The van der Waals surface area contributed by atoms with Gasteiger partial charge in [-0.3, -0.25) is 0 Å². The normalized spacial score (nSPS) is 11.8.